The maximum Gasteiger partial charge on any atom is 0.236 e. The highest BCUT2D eigenvalue weighted by Crippen LogP contribution is 2.09. The van der Waals surface area contributed by atoms with Crippen molar-refractivity contribution < 1.29 is 9.53 Å². The second-order valence-corrected chi connectivity index (χ2v) is 5.79. The van der Waals surface area contributed by atoms with Crippen molar-refractivity contribution in [1.82, 2.24) is 19.6 Å². The molecule has 0 atom stereocenters. The van der Waals surface area contributed by atoms with Crippen LogP contribution in [0.15, 0.2) is 42.7 Å². The van der Waals surface area contributed by atoms with Gasteiger partial charge in [-0.2, -0.15) is 5.10 Å². The maximum atomic E-state index is 12.2. The van der Waals surface area contributed by atoms with E-state index in [-0.39, 0.29) is 5.91 Å². The van der Waals surface area contributed by atoms with E-state index in [1.54, 1.807) is 0 Å². The molecule has 0 saturated carbocycles. The van der Waals surface area contributed by atoms with Crippen molar-refractivity contribution in [3.8, 4) is 5.69 Å². The number of ether oxygens (including phenoxy) is 1. The number of rotatable bonds is 5. The van der Waals surface area contributed by atoms with Crippen LogP contribution in [0.3, 0.4) is 0 Å². The largest absolute Gasteiger partial charge is 0.378 e. The van der Waals surface area contributed by atoms with Gasteiger partial charge in [-0.05, 0) is 19.2 Å². The van der Waals surface area contributed by atoms with Gasteiger partial charge in [0, 0.05) is 31.4 Å². The molecule has 0 bridgehead atoms. The van der Waals surface area contributed by atoms with Crippen molar-refractivity contribution >= 4 is 5.91 Å². The average Bonchev–Trinajstić information content (AvgIpc) is 3.04. The number of likely N-dealkylation sites (N-methyl/N-ethyl adjacent to an activating group) is 1. The third-order valence-electron chi connectivity index (χ3n) is 3.88. The summed E-state index contributed by atoms with van der Waals surface area (Å²) in [7, 11) is 1.96. The van der Waals surface area contributed by atoms with Crippen LogP contribution < -0.4 is 0 Å². The summed E-state index contributed by atoms with van der Waals surface area (Å²) in [6.07, 6.45) is 3.85. The first kappa shape index (κ1) is 15.7. The Labute approximate surface area is 136 Å². The summed E-state index contributed by atoms with van der Waals surface area (Å²) in [6.45, 7) is 3.77. The SMILES string of the molecule is CN(CC(=O)N1CCOCC1)Cc1cnn(-c2ccccc2)c1. The fourth-order valence-electron chi connectivity index (χ4n) is 2.67. The van der Waals surface area contributed by atoms with Gasteiger partial charge in [0.15, 0.2) is 0 Å². The molecule has 3 rings (SSSR count). The minimum Gasteiger partial charge on any atom is -0.378 e. The predicted octanol–water partition coefficient (Wildman–Crippen LogP) is 1.16. The fourth-order valence-corrected chi connectivity index (χ4v) is 2.67. The van der Waals surface area contributed by atoms with E-state index in [1.807, 2.05) is 64.3 Å². The molecule has 0 unspecified atom stereocenters. The maximum absolute atomic E-state index is 12.2. The molecular formula is C17H22N4O2. The quantitative estimate of drug-likeness (QED) is 0.831. The first-order chi connectivity index (χ1) is 11.2. The summed E-state index contributed by atoms with van der Waals surface area (Å²) >= 11 is 0. The summed E-state index contributed by atoms with van der Waals surface area (Å²) in [5.41, 5.74) is 2.12. The Morgan fingerprint density at radius 1 is 1.26 bits per heavy atom. The number of aromatic nitrogens is 2. The zero-order chi connectivity index (χ0) is 16.1. The lowest BCUT2D eigenvalue weighted by Gasteiger charge is -2.28. The van der Waals surface area contributed by atoms with Gasteiger partial charge in [0.05, 0.1) is 31.6 Å². The Balaban J connectivity index is 1.54. The van der Waals surface area contributed by atoms with E-state index >= 15 is 0 Å². The van der Waals surface area contributed by atoms with Crippen LogP contribution in [0, 0.1) is 0 Å². The van der Waals surface area contributed by atoms with Crippen LogP contribution in [0.1, 0.15) is 5.56 Å². The van der Waals surface area contributed by atoms with E-state index in [9.17, 15) is 4.79 Å². The molecule has 1 aromatic carbocycles. The number of amides is 1. The van der Waals surface area contributed by atoms with Crippen molar-refractivity contribution in [2.45, 2.75) is 6.54 Å². The predicted molar refractivity (Wildman–Crippen MR) is 87.3 cm³/mol. The number of benzene rings is 1. The van der Waals surface area contributed by atoms with Crippen molar-refractivity contribution in [2.75, 3.05) is 39.9 Å². The molecule has 2 heterocycles. The molecule has 2 aromatic rings. The third-order valence-corrected chi connectivity index (χ3v) is 3.88. The normalized spacial score (nSPS) is 15.1. The number of carbonyl (C=O) groups excluding carboxylic acids is 1. The van der Waals surface area contributed by atoms with Gasteiger partial charge in [0.25, 0.3) is 0 Å². The van der Waals surface area contributed by atoms with Gasteiger partial charge in [-0.3, -0.25) is 9.69 Å². The Morgan fingerprint density at radius 3 is 2.74 bits per heavy atom. The second-order valence-electron chi connectivity index (χ2n) is 5.79. The number of morpholine rings is 1. The Hall–Kier alpha value is -2.18. The highest BCUT2D eigenvalue weighted by atomic mass is 16.5. The molecule has 0 spiro atoms. The monoisotopic (exact) mass is 314 g/mol. The van der Waals surface area contributed by atoms with E-state index in [0.717, 1.165) is 11.3 Å². The molecule has 0 radical (unpaired) electrons. The Bertz CT molecular complexity index is 635. The molecule has 1 fully saturated rings. The smallest absolute Gasteiger partial charge is 0.236 e. The van der Waals surface area contributed by atoms with E-state index < -0.39 is 0 Å². The van der Waals surface area contributed by atoms with Crippen molar-refractivity contribution in [3.63, 3.8) is 0 Å². The molecule has 23 heavy (non-hydrogen) atoms. The molecule has 122 valence electrons. The first-order valence-corrected chi connectivity index (χ1v) is 7.85. The van der Waals surface area contributed by atoms with Gasteiger partial charge < -0.3 is 9.64 Å². The highest BCUT2D eigenvalue weighted by molar-refractivity contribution is 5.78. The second kappa shape index (κ2) is 7.39. The molecule has 1 aromatic heterocycles. The zero-order valence-electron chi connectivity index (χ0n) is 13.4. The number of para-hydroxylation sites is 1. The minimum absolute atomic E-state index is 0.159. The number of hydrogen-bond acceptors (Lipinski definition) is 4. The summed E-state index contributed by atoms with van der Waals surface area (Å²) in [6, 6.07) is 10.00. The van der Waals surface area contributed by atoms with E-state index in [4.69, 9.17) is 4.74 Å². The average molecular weight is 314 g/mol. The summed E-state index contributed by atoms with van der Waals surface area (Å²) < 4.78 is 7.13. The molecule has 1 aliphatic rings. The van der Waals surface area contributed by atoms with E-state index in [1.165, 1.54) is 0 Å². The van der Waals surface area contributed by atoms with Crippen LogP contribution in [0.2, 0.25) is 0 Å². The van der Waals surface area contributed by atoms with Crippen LogP contribution in [0.4, 0.5) is 0 Å². The molecule has 1 aliphatic heterocycles. The molecule has 1 amide bonds. The Kier molecular flexibility index (Phi) is 5.05. The molecule has 1 saturated heterocycles. The Morgan fingerprint density at radius 2 is 2.00 bits per heavy atom. The van der Waals surface area contributed by atoms with Gasteiger partial charge in [0.2, 0.25) is 5.91 Å². The summed E-state index contributed by atoms with van der Waals surface area (Å²) in [5, 5.41) is 4.39. The lowest BCUT2D eigenvalue weighted by Crippen LogP contribution is -2.44. The van der Waals surface area contributed by atoms with Crippen molar-refractivity contribution in [3.05, 3.63) is 48.3 Å². The van der Waals surface area contributed by atoms with Gasteiger partial charge in [-0.15, -0.1) is 0 Å². The molecular weight excluding hydrogens is 292 g/mol. The third kappa shape index (κ3) is 4.18. The van der Waals surface area contributed by atoms with Crippen LogP contribution in [0.5, 0.6) is 0 Å². The van der Waals surface area contributed by atoms with Crippen molar-refractivity contribution in [2.24, 2.45) is 0 Å². The highest BCUT2D eigenvalue weighted by Gasteiger charge is 2.18. The molecule has 0 N–H and O–H groups in total. The van der Waals surface area contributed by atoms with Crippen molar-refractivity contribution in [1.29, 1.82) is 0 Å². The number of carbonyl (C=O) groups is 1. The molecule has 6 nitrogen and oxygen atoms in total. The zero-order valence-corrected chi connectivity index (χ0v) is 13.4. The number of hydrogen-bond donors (Lipinski definition) is 0. The van der Waals surface area contributed by atoms with Gasteiger partial charge in [0.1, 0.15) is 0 Å². The summed E-state index contributed by atoms with van der Waals surface area (Å²) in [5.74, 6) is 0.159. The van der Waals surface area contributed by atoms with Crippen LogP contribution in [-0.4, -0.2) is 65.4 Å². The minimum atomic E-state index is 0.159. The van der Waals surface area contributed by atoms with Gasteiger partial charge in [-0.1, -0.05) is 18.2 Å². The van der Waals surface area contributed by atoms with E-state index in [2.05, 4.69) is 5.10 Å². The summed E-state index contributed by atoms with van der Waals surface area (Å²) in [4.78, 5) is 16.1. The first-order valence-electron chi connectivity index (χ1n) is 7.85. The molecule has 0 aliphatic carbocycles. The lowest BCUT2D eigenvalue weighted by molar-refractivity contribution is -0.136. The van der Waals surface area contributed by atoms with Crippen LogP contribution in [-0.2, 0) is 16.1 Å². The fraction of sp³-hybridized carbons (Fsp3) is 0.412. The van der Waals surface area contributed by atoms with E-state index in [0.29, 0.717) is 39.4 Å². The van der Waals surface area contributed by atoms with Gasteiger partial charge in [-0.25, -0.2) is 4.68 Å². The van der Waals surface area contributed by atoms with Crippen LogP contribution in [0.25, 0.3) is 5.69 Å². The van der Waals surface area contributed by atoms with Gasteiger partial charge >= 0.3 is 0 Å². The molecule has 6 heteroatoms. The topological polar surface area (TPSA) is 50.6 Å². The van der Waals surface area contributed by atoms with Crippen LogP contribution >= 0.6 is 0 Å². The number of nitrogens with zero attached hydrogens (tertiary/aromatic N) is 4. The standard InChI is InChI=1S/C17H22N4O2/c1-19(14-17(22)20-7-9-23-10-8-20)12-15-11-18-21(13-15)16-5-3-2-4-6-16/h2-6,11,13H,7-10,12,14H2,1H3. The lowest BCUT2D eigenvalue weighted by atomic mass is 10.3.